The largest absolute Gasteiger partial charge is 0.544 e. The summed E-state index contributed by atoms with van der Waals surface area (Å²) < 4.78 is -0.433. The fraction of sp³-hybridized carbons (Fsp3) is 0.853. The number of allylic oxidation sites excluding steroid dienone is 2. The lowest BCUT2D eigenvalue weighted by Gasteiger charge is -2.52. The van der Waals surface area contributed by atoms with E-state index in [1.165, 1.54) is 64.2 Å². The summed E-state index contributed by atoms with van der Waals surface area (Å²) >= 11 is 0. The van der Waals surface area contributed by atoms with Gasteiger partial charge in [0.1, 0.15) is 6.04 Å². The summed E-state index contributed by atoms with van der Waals surface area (Å²) in [7, 11) is 0. The fourth-order valence-electron chi connectivity index (χ4n) is 6.51. The Morgan fingerprint density at radius 2 is 0.951 bits per heavy atom. The van der Waals surface area contributed by atoms with Crippen LogP contribution in [0.15, 0.2) is 12.2 Å². The molecule has 0 bridgehead atoms. The van der Waals surface area contributed by atoms with Gasteiger partial charge in [-0.15, -0.1) is 0 Å². The van der Waals surface area contributed by atoms with Crippen molar-refractivity contribution in [2.45, 2.75) is 181 Å². The number of carbonyl (C=O) groups is 3. The fourth-order valence-corrected chi connectivity index (χ4v) is 6.51. The highest BCUT2D eigenvalue weighted by Gasteiger charge is 2.54. The highest BCUT2D eigenvalue weighted by Crippen LogP contribution is 2.34. The second-order valence-electron chi connectivity index (χ2n) is 11.9. The summed E-state index contributed by atoms with van der Waals surface area (Å²) in [6.07, 6.45) is 24.3. The maximum absolute atomic E-state index is 12.6. The van der Waals surface area contributed by atoms with Gasteiger partial charge in [-0.3, -0.25) is 4.48 Å². The van der Waals surface area contributed by atoms with Crippen molar-refractivity contribution in [2.24, 2.45) is 0 Å². The van der Waals surface area contributed by atoms with Gasteiger partial charge in [-0.2, -0.15) is 0 Å². The molecule has 0 aliphatic carbocycles. The average molecular weight is 582 g/mol. The monoisotopic (exact) mass is 581 g/mol. The molecule has 0 heterocycles. The van der Waals surface area contributed by atoms with E-state index in [4.69, 9.17) is 0 Å². The van der Waals surface area contributed by atoms with E-state index in [1.54, 1.807) is 0 Å². The maximum Gasteiger partial charge on any atom is 0.362 e. The average Bonchev–Trinajstić information content (AvgIpc) is 2.93. The Balaban J connectivity index is 4.97. The molecule has 0 aromatic carbocycles. The molecule has 0 amide bonds. The molecular weight excluding hydrogens is 518 g/mol. The van der Waals surface area contributed by atoms with Crippen LogP contribution in [-0.2, 0) is 14.4 Å². The predicted octanol–water partition coefficient (Wildman–Crippen LogP) is 7.66. The van der Waals surface area contributed by atoms with Gasteiger partial charge in [0.25, 0.3) is 0 Å². The molecule has 0 fully saturated rings. The van der Waals surface area contributed by atoms with Gasteiger partial charge in [0, 0.05) is 19.3 Å². The van der Waals surface area contributed by atoms with Crippen LogP contribution in [0.2, 0.25) is 0 Å². The van der Waals surface area contributed by atoms with Crippen molar-refractivity contribution in [1.82, 2.24) is 0 Å². The molecule has 2 N–H and O–H groups in total. The van der Waals surface area contributed by atoms with Crippen molar-refractivity contribution in [3.05, 3.63) is 12.2 Å². The van der Waals surface area contributed by atoms with Crippen molar-refractivity contribution in [3.8, 4) is 0 Å². The van der Waals surface area contributed by atoms with Gasteiger partial charge >= 0.3 is 11.9 Å². The van der Waals surface area contributed by atoms with Crippen molar-refractivity contribution in [2.75, 3.05) is 6.54 Å². The lowest BCUT2D eigenvalue weighted by molar-refractivity contribution is -0.975. The summed E-state index contributed by atoms with van der Waals surface area (Å²) in [4.78, 5) is 37.6. The first-order valence-corrected chi connectivity index (χ1v) is 16.9. The highest BCUT2D eigenvalue weighted by atomic mass is 16.4. The van der Waals surface area contributed by atoms with Crippen LogP contribution in [-0.4, -0.2) is 57.3 Å². The molecular formula is C34H63NO6. The molecule has 0 aliphatic heterocycles. The lowest BCUT2D eigenvalue weighted by atomic mass is 9.91. The zero-order valence-electron chi connectivity index (χ0n) is 26.9. The molecule has 0 aromatic rings. The SMILES string of the molecule is CC/C=C/CCCCCCCCCCCCCCC[N+](C(CCC)C(=O)[O-])(C(CCC)C(=O)O)C(CCC)C(=O)O. The van der Waals surface area contributed by atoms with E-state index >= 15 is 0 Å². The normalized spacial score (nSPS) is 15.4. The Hall–Kier alpha value is -1.89. The first-order valence-electron chi connectivity index (χ1n) is 16.9. The number of carboxylic acid groups (broad SMARTS) is 3. The number of hydrogen-bond acceptors (Lipinski definition) is 4. The van der Waals surface area contributed by atoms with E-state index in [0.717, 1.165) is 25.7 Å². The molecule has 0 radical (unpaired) electrons. The van der Waals surface area contributed by atoms with Gasteiger partial charge in [-0.1, -0.05) is 110 Å². The van der Waals surface area contributed by atoms with Crippen molar-refractivity contribution in [3.63, 3.8) is 0 Å². The Morgan fingerprint density at radius 3 is 1.29 bits per heavy atom. The summed E-state index contributed by atoms with van der Waals surface area (Å²) in [5.74, 6) is -3.55. The maximum atomic E-state index is 12.6. The summed E-state index contributed by atoms with van der Waals surface area (Å²) in [6, 6.07) is -3.32. The number of aliphatic carboxylic acids is 3. The third kappa shape index (κ3) is 15.2. The van der Waals surface area contributed by atoms with Crippen LogP contribution < -0.4 is 5.11 Å². The first-order chi connectivity index (χ1) is 19.7. The molecule has 7 heteroatoms. The molecule has 0 saturated heterocycles. The predicted molar refractivity (Wildman–Crippen MR) is 166 cm³/mol. The number of carboxylic acids is 3. The van der Waals surface area contributed by atoms with E-state index in [-0.39, 0.29) is 25.8 Å². The van der Waals surface area contributed by atoms with Crippen LogP contribution in [0.4, 0.5) is 0 Å². The number of rotatable bonds is 29. The van der Waals surface area contributed by atoms with Crippen molar-refractivity contribution in [1.29, 1.82) is 0 Å². The minimum absolute atomic E-state index is 0.208. The molecule has 0 aromatic heterocycles. The Morgan fingerprint density at radius 1 is 0.585 bits per heavy atom. The van der Waals surface area contributed by atoms with Crippen LogP contribution in [0.5, 0.6) is 0 Å². The number of unbranched alkanes of at least 4 members (excludes halogenated alkanes) is 13. The quantitative estimate of drug-likeness (QED) is 0.0532. The summed E-state index contributed by atoms with van der Waals surface area (Å²) in [5, 5.41) is 33.0. The van der Waals surface area contributed by atoms with E-state index in [2.05, 4.69) is 19.1 Å². The van der Waals surface area contributed by atoms with Crippen LogP contribution in [0.1, 0.15) is 163 Å². The second-order valence-corrected chi connectivity index (χ2v) is 11.9. The minimum Gasteiger partial charge on any atom is -0.544 e. The summed E-state index contributed by atoms with van der Waals surface area (Å²) in [5.41, 5.74) is 0. The molecule has 3 atom stereocenters. The van der Waals surface area contributed by atoms with E-state index in [0.29, 0.717) is 25.7 Å². The molecule has 0 rings (SSSR count). The van der Waals surface area contributed by atoms with Gasteiger partial charge in [0.2, 0.25) is 0 Å². The van der Waals surface area contributed by atoms with Crippen LogP contribution >= 0.6 is 0 Å². The third-order valence-electron chi connectivity index (χ3n) is 8.59. The molecule has 0 spiro atoms. The minimum atomic E-state index is -1.33. The van der Waals surface area contributed by atoms with E-state index in [1.807, 2.05) is 20.8 Å². The van der Waals surface area contributed by atoms with E-state index < -0.39 is 40.5 Å². The van der Waals surface area contributed by atoms with Crippen LogP contribution in [0.3, 0.4) is 0 Å². The number of nitrogens with zero attached hydrogens (tertiary/aromatic N) is 1. The van der Waals surface area contributed by atoms with Crippen molar-refractivity contribution >= 4 is 17.9 Å². The third-order valence-corrected chi connectivity index (χ3v) is 8.59. The van der Waals surface area contributed by atoms with E-state index in [9.17, 15) is 29.7 Å². The number of carbonyl (C=O) groups excluding carboxylic acids is 1. The van der Waals surface area contributed by atoms with Crippen molar-refractivity contribution < 1.29 is 34.2 Å². The Bertz CT molecular complexity index is 662. The molecule has 3 unspecified atom stereocenters. The standard InChI is InChI=1S/C34H63NO6/c1-5-9-10-11-12-13-14-15-16-17-18-19-20-21-22-23-24-28-35(29(25-6-2)32(36)37,30(26-7-3)33(38)39)31(27-8-4)34(40)41/h9-10,29-31H,5-8,11-28H2,1-4H3,(H2-,36,37,38,39,40,41)/b10-9+. The first kappa shape index (κ1) is 39.1. The van der Waals surface area contributed by atoms with Gasteiger partial charge in [-0.05, 0) is 44.9 Å². The number of hydrogen-bond donors (Lipinski definition) is 2. The lowest BCUT2D eigenvalue weighted by Crippen LogP contribution is -2.74. The summed E-state index contributed by atoms with van der Waals surface area (Å²) in [6.45, 7) is 7.98. The zero-order valence-corrected chi connectivity index (χ0v) is 26.9. The zero-order chi connectivity index (χ0) is 30.9. The molecule has 41 heavy (non-hydrogen) atoms. The molecule has 240 valence electrons. The number of quaternary nitrogens is 1. The second kappa shape index (κ2) is 24.7. The van der Waals surface area contributed by atoms with Gasteiger partial charge < -0.3 is 20.1 Å². The molecule has 7 nitrogen and oxygen atoms in total. The smallest absolute Gasteiger partial charge is 0.362 e. The molecule has 0 aliphatic rings. The van der Waals surface area contributed by atoms with Crippen LogP contribution in [0.25, 0.3) is 0 Å². The van der Waals surface area contributed by atoms with Crippen LogP contribution in [0, 0.1) is 0 Å². The van der Waals surface area contributed by atoms with Gasteiger partial charge in [-0.25, -0.2) is 9.59 Å². The van der Waals surface area contributed by atoms with Gasteiger partial charge in [0.05, 0.1) is 12.5 Å². The Labute approximate surface area is 251 Å². The molecule has 0 saturated carbocycles. The highest BCUT2D eigenvalue weighted by molar-refractivity contribution is 5.77. The van der Waals surface area contributed by atoms with Gasteiger partial charge in [0.15, 0.2) is 12.1 Å². The topological polar surface area (TPSA) is 115 Å². The Kier molecular flexibility index (Phi) is 23.5.